The summed E-state index contributed by atoms with van der Waals surface area (Å²) in [5.74, 6) is 0.500. The van der Waals surface area contributed by atoms with Crippen LogP contribution < -0.4 is 15.8 Å². The van der Waals surface area contributed by atoms with Crippen molar-refractivity contribution in [2.24, 2.45) is 5.73 Å². The third-order valence-corrected chi connectivity index (χ3v) is 5.48. The lowest BCUT2D eigenvalue weighted by atomic mass is 10.1. The molecular weight excluding hydrogens is 437 g/mol. The van der Waals surface area contributed by atoms with Crippen LogP contribution in [0.5, 0.6) is 5.75 Å². The molecule has 0 radical (unpaired) electrons. The average Bonchev–Trinajstić information content (AvgIpc) is 3.20. The first-order valence-electron chi connectivity index (χ1n) is 9.56. The Hall–Kier alpha value is -3.06. The van der Waals surface area contributed by atoms with E-state index in [0.717, 1.165) is 11.1 Å². The quantitative estimate of drug-likeness (QED) is 0.390. The summed E-state index contributed by atoms with van der Waals surface area (Å²) in [5, 5.41) is 3.44. The molecule has 1 amide bonds. The summed E-state index contributed by atoms with van der Waals surface area (Å²) in [7, 11) is 0. The molecule has 3 aromatic carbocycles. The Bertz CT molecular complexity index is 1240. The van der Waals surface area contributed by atoms with E-state index in [9.17, 15) is 4.79 Å². The Morgan fingerprint density at radius 2 is 1.94 bits per heavy atom. The molecule has 0 bridgehead atoms. The standard InChI is InChI=1S/C23H19Cl2N3O3/c1-13(30-20-4-2-3-17(24)21(20)25)22(29)27-16-9-10-19-18(11-16)28-23(31-19)15-7-5-14(12-26)6-8-15/h2-11,13H,12,26H2,1H3,(H,27,29)/t13-/m0/s1. The van der Waals surface area contributed by atoms with E-state index in [0.29, 0.717) is 40.0 Å². The third kappa shape index (κ3) is 4.66. The van der Waals surface area contributed by atoms with Crippen LogP contribution in [0.25, 0.3) is 22.6 Å². The molecule has 4 rings (SSSR count). The van der Waals surface area contributed by atoms with Gasteiger partial charge >= 0.3 is 0 Å². The van der Waals surface area contributed by atoms with Gasteiger partial charge in [-0.2, -0.15) is 0 Å². The van der Waals surface area contributed by atoms with Crippen LogP contribution in [0.1, 0.15) is 12.5 Å². The van der Waals surface area contributed by atoms with Crippen LogP contribution in [0.3, 0.4) is 0 Å². The van der Waals surface area contributed by atoms with E-state index >= 15 is 0 Å². The topological polar surface area (TPSA) is 90.4 Å². The van der Waals surface area contributed by atoms with E-state index in [2.05, 4.69) is 10.3 Å². The lowest BCUT2D eigenvalue weighted by Gasteiger charge is -2.16. The molecule has 1 atom stereocenters. The highest BCUT2D eigenvalue weighted by molar-refractivity contribution is 6.42. The molecule has 0 saturated heterocycles. The van der Waals surface area contributed by atoms with Crippen LogP contribution in [0.15, 0.2) is 65.1 Å². The van der Waals surface area contributed by atoms with Crippen molar-refractivity contribution in [2.75, 3.05) is 5.32 Å². The summed E-state index contributed by atoms with van der Waals surface area (Å²) in [6.45, 7) is 2.10. The van der Waals surface area contributed by atoms with E-state index < -0.39 is 6.10 Å². The largest absolute Gasteiger partial charge is 0.479 e. The van der Waals surface area contributed by atoms with Crippen LogP contribution >= 0.6 is 23.2 Å². The van der Waals surface area contributed by atoms with Gasteiger partial charge in [-0.25, -0.2) is 4.98 Å². The lowest BCUT2D eigenvalue weighted by Crippen LogP contribution is -2.30. The maximum Gasteiger partial charge on any atom is 0.265 e. The van der Waals surface area contributed by atoms with Gasteiger partial charge in [0.05, 0.1) is 5.02 Å². The summed E-state index contributed by atoms with van der Waals surface area (Å²) in [6.07, 6.45) is -0.791. The fourth-order valence-electron chi connectivity index (χ4n) is 2.97. The molecule has 8 heteroatoms. The number of aromatic nitrogens is 1. The fraction of sp³-hybridized carbons (Fsp3) is 0.130. The number of nitrogens with zero attached hydrogens (tertiary/aromatic N) is 1. The molecule has 158 valence electrons. The number of oxazole rings is 1. The first-order chi connectivity index (χ1) is 14.9. The minimum atomic E-state index is -0.791. The molecule has 6 nitrogen and oxygen atoms in total. The predicted octanol–water partition coefficient (Wildman–Crippen LogP) is 5.67. The van der Waals surface area contributed by atoms with Crippen molar-refractivity contribution in [2.45, 2.75) is 19.6 Å². The molecule has 0 saturated carbocycles. The predicted molar refractivity (Wildman–Crippen MR) is 123 cm³/mol. The molecule has 1 aromatic heterocycles. The zero-order valence-corrected chi connectivity index (χ0v) is 18.1. The SMILES string of the molecule is C[C@H](Oc1cccc(Cl)c1Cl)C(=O)Nc1ccc2oc(-c3ccc(CN)cc3)nc2c1. The number of fused-ring (bicyclic) bond motifs is 1. The number of anilines is 1. The monoisotopic (exact) mass is 455 g/mol. The second-order valence-corrected chi connectivity index (χ2v) is 7.69. The Balaban J connectivity index is 1.49. The Morgan fingerprint density at radius 1 is 1.16 bits per heavy atom. The molecule has 1 heterocycles. The van der Waals surface area contributed by atoms with Gasteiger partial charge in [-0.15, -0.1) is 0 Å². The first-order valence-corrected chi connectivity index (χ1v) is 10.3. The van der Waals surface area contributed by atoms with Gasteiger partial charge in [0.2, 0.25) is 5.89 Å². The number of nitrogens with one attached hydrogen (secondary N) is 1. The van der Waals surface area contributed by atoms with E-state index in [4.69, 9.17) is 38.1 Å². The minimum Gasteiger partial charge on any atom is -0.479 e. The Labute approximate surface area is 188 Å². The van der Waals surface area contributed by atoms with Crippen molar-refractivity contribution in [3.8, 4) is 17.2 Å². The number of amides is 1. The van der Waals surface area contributed by atoms with Gasteiger partial charge < -0.3 is 20.2 Å². The van der Waals surface area contributed by atoms with E-state index in [1.807, 2.05) is 24.3 Å². The van der Waals surface area contributed by atoms with Gasteiger partial charge in [-0.05, 0) is 55.0 Å². The molecule has 0 unspecified atom stereocenters. The Morgan fingerprint density at radius 3 is 2.68 bits per heavy atom. The van der Waals surface area contributed by atoms with Crippen LogP contribution in [-0.2, 0) is 11.3 Å². The minimum absolute atomic E-state index is 0.264. The average molecular weight is 456 g/mol. The van der Waals surface area contributed by atoms with E-state index in [1.165, 1.54) is 0 Å². The maximum absolute atomic E-state index is 12.6. The van der Waals surface area contributed by atoms with Crippen LogP contribution in [-0.4, -0.2) is 17.0 Å². The molecule has 0 aliphatic rings. The smallest absolute Gasteiger partial charge is 0.265 e. The molecule has 0 fully saturated rings. The van der Waals surface area contributed by atoms with E-state index in [-0.39, 0.29) is 10.9 Å². The van der Waals surface area contributed by atoms with Crippen LogP contribution in [0, 0.1) is 0 Å². The molecular formula is C23H19Cl2N3O3. The molecule has 0 aliphatic carbocycles. The number of halogens is 2. The van der Waals surface area contributed by atoms with Crippen molar-refractivity contribution in [3.63, 3.8) is 0 Å². The number of rotatable bonds is 6. The van der Waals surface area contributed by atoms with Gasteiger partial charge in [0.25, 0.3) is 5.91 Å². The summed E-state index contributed by atoms with van der Waals surface area (Å²) in [5.41, 5.74) is 9.33. The number of carbonyl (C=O) groups is 1. The summed E-state index contributed by atoms with van der Waals surface area (Å²) < 4.78 is 11.5. The first kappa shape index (κ1) is 21.2. The van der Waals surface area contributed by atoms with Crippen LogP contribution in [0.2, 0.25) is 10.0 Å². The molecule has 0 spiro atoms. The number of ether oxygens (including phenoxy) is 1. The number of hydrogen-bond donors (Lipinski definition) is 2. The normalized spacial score (nSPS) is 12.0. The molecule has 3 N–H and O–H groups in total. The number of hydrogen-bond acceptors (Lipinski definition) is 5. The van der Waals surface area contributed by atoms with Crippen molar-refractivity contribution in [1.29, 1.82) is 0 Å². The molecule has 31 heavy (non-hydrogen) atoms. The lowest BCUT2D eigenvalue weighted by molar-refractivity contribution is -0.122. The second kappa shape index (κ2) is 8.98. The molecule has 0 aliphatic heterocycles. The number of carbonyl (C=O) groups excluding carboxylic acids is 1. The van der Waals surface area contributed by atoms with Crippen LogP contribution in [0.4, 0.5) is 5.69 Å². The van der Waals surface area contributed by atoms with Crippen molar-refractivity contribution >= 4 is 45.9 Å². The van der Waals surface area contributed by atoms with Crippen molar-refractivity contribution in [1.82, 2.24) is 4.98 Å². The van der Waals surface area contributed by atoms with Gasteiger partial charge in [0, 0.05) is 17.8 Å². The summed E-state index contributed by atoms with van der Waals surface area (Å²) in [4.78, 5) is 17.1. The third-order valence-electron chi connectivity index (χ3n) is 4.68. The highest BCUT2D eigenvalue weighted by Gasteiger charge is 2.18. The van der Waals surface area contributed by atoms with Gasteiger partial charge in [0.15, 0.2) is 11.7 Å². The van der Waals surface area contributed by atoms with Gasteiger partial charge in [-0.3, -0.25) is 4.79 Å². The van der Waals surface area contributed by atoms with E-state index in [1.54, 1.807) is 43.3 Å². The highest BCUT2D eigenvalue weighted by atomic mass is 35.5. The zero-order valence-electron chi connectivity index (χ0n) is 16.6. The van der Waals surface area contributed by atoms with Gasteiger partial charge in [-0.1, -0.05) is 41.4 Å². The summed E-state index contributed by atoms with van der Waals surface area (Å²) in [6, 6.07) is 17.9. The highest BCUT2D eigenvalue weighted by Crippen LogP contribution is 2.32. The van der Waals surface area contributed by atoms with Gasteiger partial charge in [0.1, 0.15) is 16.3 Å². The Kier molecular flexibility index (Phi) is 6.13. The van der Waals surface area contributed by atoms with Crippen molar-refractivity contribution in [3.05, 3.63) is 76.3 Å². The molecule has 4 aromatic rings. The maximum atomic E-state index is 12.6. The van der Waals surface area contributed by atoms with Crippen molar-refractivity contribution < 1.29 is 13.9 Å². The fourth-order valence-corrected chi connectivity index (χ4v) is 3.31. The summed E-state index contributed by atoms with van der Waals surface area (Å²) >= 11 is 12.1. The number of benzene rings is 3. The number of nitrogens with two attached hydrogens (primary N) is 1. The second-order valence-electron chi connectivity index (χ2n) is 6.90. The zero-order chi connectivity index (χ0) is 22.0.